The average molecular weight is 463 g/mol. The van der Waals surface area contributed by atoms with Crippen LogP contribution >= 0.6 is 0 Å². The first-order valence-electron chi connectivity index (χ1n) is 10.2. The molecule has 2 N–H and O–H groups in total. The molecule has 4 rings (SSSR count). The molecule has 0 bridgehead atoms. The largest absolute Gasteiger partial charge is 0.497 e. The van der Waals surface area contributed by atoms with E-state index < -0.39 is 11.9 Å². The van der Waals surface area contributed by atoms with Crippen molar-refractivity contribution in [2.75, 3.05) is 14.2 Å². The predicted octanol–water partition coefficient (Wildman–Crippen LogP) is 5.15. The number of benzene rings is 2. The molecule has 0 saturated heterocycles. The molecule has 0 aliphatic carbocycles. The van der Waals surface area contributed by atoms with Crippen molar-refractivity contribution in [2.45, 2.75) is 13.8 Å². The number of ether oxygens (including phenoxy) is 2. The first kappa shape index (κ1) is 25.8. The van der Waals surface area contributed by atoms with Crippen molar-refractivity contribution >= 4 is 45.9 Å². The second-order valence-electron chi connectivity index (χ2n) is 6.94. The zero-order valence-electron chi connectivity index (χ0n) is 19.4. The molecular formula is C26H26N2O6. The number of carbonyl (C=O) groups is 2. The number of hydrogen-bond donors (Lipinski definition) is 2. The lowest BCUT2D eigenvalue weighted by molar-refractivity contribution is -0.135. The van der Waals surface area contributed by atoms with E-state index in [2.05, 4.69) is 22.1 Å². The van der Waals surface area contributed by atoms with Crippen LogP contribution in [-0.2, 0) is 9.59 Å². The molecule has 8 heteroatoms. The van der Waals surface area contributed by atoms with Crippen LogP contribution in [0.1, 0.15) is 25.0 Å². The fourth-order valence-corrected chi connectivity index (χ4v) is 3.02. The summed E-state index contributed by atoms with van der Waals surface area (Å²) in [6, 6.07) is 15.8. The minimum absolute atomic E-state index is 0.819. The van der Waals surface area contributed by atoms with Crippen LogP contribution in [-0.4, -0.2) is 46.3 Å². The average Bonchev–Trinajstić information content (AvgIpc) is 2.81. The van der Waals surface area contributed by atoms with E-state index in [1.54, 1.807) is 14.2 Å². The second-order valence-corrected chi connectivity index (χ2v) is 6.94. The van der Waals surface area contributed by atoms with Gasteiger partial charge in [0.25, 0.3) is 11.9 Å². The maximum atomic E-state index is 9.00. The Labute approximate surface area is 197 Å². The zero-order valence-corrected chi connectivity index (χ0v) is 19.4. The molecule has 176 valence electrons. The fraction of sp³-hybridized carbons (Fsp3) is 0.154. The van der Waals surface area contributed by atoms with E-state index >= 15 is 0 Å². The number of carboxylic acid groups (broad SMARTS) is 2. The normalized spacial score (nSPS) is 10.1. The third-order valence-electron chi connectivity index (χ3n) is 4.41. The quantitative estimate of drug-likeness (QED) is 0.427. The summed E-state index contributed by atoms with van der Waals surface area (Å²) in [4.78, 5) is 26.9. The molecule has 0 saturated carbocycles. The van der Waals surface area contributed by atoms with E-state index in [4.69, 9.17) is 29.3 Å². The number of carboxylic acids is 2. The monoisotopic (exact) mass is 462 g/mol. The van der Waals surface area contributed by atoms with E-state index in [9.17, 15) is 0 Å². The molecule has 2 aromatic carbocycles. The molecule has 0 aliphatic heterocycles. The van der Waals surface area contributed by atoms with Gasteiger partial charge in [-0.25, -0.2) is 0 Å². The smallest absolute Gasteiger partial charge is 0.300 e. The summed E-state index contributed by atoms with van der Waals surface area (Å²) in [5.74, 6) is -0.0292. The Hall–Kier alpha value is -4.46. The van der Waals surface area contributed by atoms with Gasteiger partial charge in [0.2, 0.25) is 0 Å². The fourth-order valence-electron chi connectivity index (χ4n) is 3.02. The number of hydrogen-bond acceptors (Lipinski definition) is 6. The highest BCUT2D eigenvalue weighted by Gasteiger charge is 2.04. The first-order valence-corrected chi connectivity index (χ1v) is 10.2. The maximum absolute atomic E-state index is 9.00. The summed E-state index contributed by atoms with van der Waals surface area (Å²) >= 11 is 0. The minimum atomic E-state index is -0.833. The zero-order chi connectivity index (χ0) is 25.1. The van der Waals surface area contributed by atoms with E-state index in [-0.39, 0.29) is 0 Å². The summed E-state index contributed by atoms with van der Waals surface area (Å²) in [5.41, 5.74) is 4.05. The van der Waals surface area contributed by atoms with Gasteiger partial charge in [-0.15, -0.1) is 0 Å². The molecule has 0 spiro atoms. The van der Waals surface area contributed by atoms with Crippen LogP contribution in [0.3, 0.4) is 0 Å². The summed E-state index contributed by atoms with van der Waals surface area (Å²) in [7, 11) is 3.34. The number of pyridine rings is 2. The highest BCUT2D eigenvalue weighted by Crippen LogP contribution is 2.26. The van der Waals surface area contributed by atoms with Crippen LogP contribution in [0.15, 0.2) is 60.9 Å². The van der Waals surface area contributed by atoms with Crippen LogP contribution < -0.4 is 9.47 Å². The molecule has 8 nitrogen and oxygen atoms in total. The Balaban J connectivity index is 0.000000446. The van der Waals surface area contributed by atoms with Crippen molar-refractivity contribution in [3.8, 4) is 11.5 Å². The molecule has 0 aliphatic rings. The van der Waals surface area contributed by atoms with Crippen molar-refractivity contribution in [3.05, 3.63) is 72.1 Å². The Morgan fingerprint density at radius 1 is 0.706 bits per heavy atom. The van der Waals surface area contributed by atoms with Gasteiger partial charge in [-0.05, 0) is 59.7 Å². The number of aromatic nitrogens is 2. The van der Waals surface area contributed by atoms with Crippen LogP contribution in [0, 0.1) is 0 Å². The Morgan fingerprint density at radius 3 is 1.38 bits per heavy atom. The topological polar surface area (TPSA) is 119 Å². The van der Waals surface area contributed by atoms with Crippen molar-refractivity contribution < 1.29 is 29.3 Å². The lowest BCUT2D eigenvalue weighted by atomic mass is 10.0. The molecule has 0 unspecified atom stereocenters. The summed E-state index contributed by atoms with van der Waals surface area (Å²) in [6.07, 6.45) is 7.83. The van der Waals surface area contributed by atoms with Crippen molar-refractivity contribution in [2.24, 2.45) is 0 Å². The Morgan fingerprint density at radius 2 is 1.06 bits per heavy atom. The van der Waals surface area contributed by atoms with Gasteiger partial charge in [0.05, 0.1) is 25.3 Å². The molecular weight excluding hydrogens is 436 g/mol. The summed E-state index contributed by atoms with van der Waals surface area (Å²) in [5, 5.41) is 16.9. The van der Waals surface area contributed by atoms with Crippen LogP contribution in [0.4, 0.5) is 0 Å². The summed E-state index contributed by atoms with van der Waals surface area (Å²) < 4.78 is 10.7. The van der Waals surface area contributed by atoms with Crippen molar-refractivity contribution in [1.82, 2.24) is 9.97 Å². The molecule has 0 amide bonds. The standard InChI is InChI=1S/C22H18N2O2.2C2H4O2/c1-25-17-5-7-21-19(13-17)15(9-11-23-21)3-4-16-10-12-24-22-8-6-18(26-2)14-20(16)22;2*1-2(3)4/h3-14H,1-2H3;2*1H3,(H,3,4). The van der Waals surface area contributed by atoms with Crippen molar-refractivity contribution in [3.63, 3.8) is 0 Å². The maximum Gasteiger partial charge on any atom is 0.300 e. The third kappa shape index (κ3) is 7.59. The van der Waals surface area contributed by atoms with Gasteiger partial charge in [-0.2, -0.15) is 0 Å². The third-order valence-corrected chi connectivity index (χ3v) is 4.41. The van der Waals surface area contributed by atoms with E-state index in [1.807, 2.05) is 60.9 Å². The molecule has 0 fully saturated rings. The van der Waals surface area contributed by atoms with Gasteiger partial charge in [0.15, 0.2) is 0 Å². The number of nitrogens with zero attached hydrogens (tertiary/aromatic N) is 2. The minimum Gasteiger partial charge on any atom is -0.497 e. The summed E-state index contributed by atoms with van der Waals surface area (Å²) in [6.45, 7) is 2.17. The van der Waals surface area contributed by atoms with E-state index in [0.717, 1.165) is 58.3 Å². The lowest BCUT2D eigenvalue weighted by Crippen LogP contribution is -1.87. The first-order chi connectivity index (χ1) is 16.2. The second kappa shape index (κ2) is 12.5. The van der Waals surface area contributed by atoms with E-state index in [1.165, 1.54) is 0 Å². The molecule has 2 heterocycles. The molecule has 34 heavy (non-hydrogen) atoms. The molecule has 2 aromatic heterocycles. The Kier molecular flexibility index (Phi) is 9.52. The highest BCUT2D eigenvalue weighted by atomic mass is 16.5. The van der Waals surface area contributed by atoms with Crippen LogP contribution in [0.25, 0.3) is 34.0 Å². The SMILES string of the molecule is CC(=O)O.CC(=O)O.COc1ccc2nccc(C=Cc3ccnc4ccc(OC)cc34)c2c1. The molecule has 0 radical (unpaired) electrons. The Bertz CT molecular complexity index is 1210. The van der Waals surface area contributed by atoms with Crippen LogP contribution in [0.5, 0.6) is 11.5 Å². The van der Waals surface area contributed by atoms with E-state index in [0.29, 0.717) is 0 Å². The van der Waals surface area contributed by atoms with Gasteiger partial charge >= 0.3 is 0 Å². The van der Waals surface area contributed by atoms with Gasteiger partial charge in [0.1, 0.15) is 11.5 Å². The number of fused-ring (bicyclic) bond motifs is 2. The predicted molar refractivity (Wildman–Crippen MR) is 132 cm³/mol. The highest BCUT2D eigenvalue weighted by molar-refractivity contribution is 5.95. The van der Waals surface area contributed by atoms with Gasteiger partial charge < -0.3 is 19.7 Å². The lowest BCUT2D eigenvalue weighted by Gasteiger charge is -2.06. The van der Waals surface area contributed by atoms with Gasteiger partial charge in [-0.3, -0.25) is 19.6 Å². The number of aliphatic carboxylic acids is 2. The molecule has 0 atom stereocenters. The van der Waals surface area contributed by atoms with Crippen LogP contribution in [0.2, 0.25) is 0 Å². The van der Waals surface area contributed by atoms with Gasteiger partial charge in [0, 0.05) is 37.0 Å². The van der Waals surface area contributed by atoms with Gasteiger partial charge in [-0.1, -0.05) is 12.2 Å². The van der Waals surface area contributed by atoms with Crippen molar-refractivity contribution in [1.29, 1.82) is 0 Å². The molecule has 4 aromatic rings. The number of methoxy groups -OCH3 is 2. The number of rotatable bonds is 4.